The van der Waals surface area contributed by atoms with Crippen LogP contribution in [0.25, 0.3) is 5.48 Å². The summed E-state index contributed by atoms with van der Waals surface area (Å²) in [6, 6.07) is 1.95. The summed E-state index contributed by atoms with van der Waals surface area (Å²) in [6.45, 7) is 9.59. The van der Waals surface area contributed by atoms with E-state index in [9.17, 15) is 0 Å². The second kappa shape index (κ2) is 13.3. The van der Waals surface area contributed by atoms with E-state index in [1.807, 2.05) is 6.07 Å². The molecule has 10 nitrogen and oxygen atoms in total. The van der Waals surface area contributed by atoms with E-state index in [1.165, 1.54) is 12.8 Å². The molecule has 158 valence electrons. The number of nitrogens with one attached hydrogen (secondary N) is 3. The number of hydrogen-bond donors (Lipinski definition) is 4. The number of nitrogens with zero attached hydrogens (tertiary/aromatic N) is 5. The quantitative estimate of drug-likeness (QED) is 0.126. The number of ether oxygens (including phenoxy) is 1. The van der Waals surface area contributed by atoms with Gasteiger partial charge in [0.2, 0.25) is 0 Å². The SMILES string of the molecule is C=NC(/C=C(/CNCCN1CCOCC1)NC[N-]O)=Nc1cc(C2CC2)[nH]n1.[U]. The van der Waals surface area contributed by atoms with Crippen LogP contribution in [-0.4, -0.2) is 85.5 Å². The fraction of sp³-hybridized carbons (Fsp3) is 0.611. The van der Waals surface area contributed by atoms with Crippen LogP contribution >= 0.6 is 0 Å². The van der Waals surface area contributed by atoms with Crippen LogP contribution in [0.2, 0.25) is 0 Å². The van der Waals surface area contributed by atoms with E-state index in [1.54, 1.807) is 6.08 Å². The Morgan fingerprint density at radius 1 is 1.45 bits per heavy atom. The van der Waals surface area contributed by atoms with Gasteiger partial charge in [-0.1, -0.05) is 6.67 Å². The van der Waals surface area contributed by atoms with Crippen molar-refractivity contribution in [2.24, 2.45) is 9.98 Å². The van der Waals surface area contributed by atoms with Crippen molar-refractivity contribution in [3.05, 3.63) is 29.0 Å². The van der Waals surface area contributed by atoms with Crippen LogP contribution in [0, 0.1) is 31.1 Å². The molecule has 2 fully saturated rings. The molecule has 1 aromatic heterocycles. The Morgan fingerprint density at radius 2 is 2.24 bits per heavy atom. The molecule has 4 N–H and O–H groups in total. The predicted octanol–water partition coefficient (Wildman–Crippen LogP) is 1.13. The van der Waals surface area contributed by atoms with E-state index in [0.717, 1.165) is 50.8 Å². The zero-order valence-electron chi connectivity index (χ0n) is 16.6. The molecule has 1 aromatic rings. The molecule has 1 saturated carbocycles. The van der Waals surface area contributed by atoms with Gasteiger partial charge in [0, 0.05) is 93.3 Å². The summed E-state index contributed by atoms with van der Waals surface area (Å²) in [7, 11) is 0. The van der Waals surface area contributed by atoms with Crippen molar-refractivity contribution in [2.45, 2.75) is 18.8 Å². The zero-order valence-corrected chi connectivity index (χ0v) is 20.8. The number of rotatable bonds is 11. The molecule has 0 unspecified atom stereocenters. The number of hydroxylamine groups is 1. The second-order valence-electron chi connectivity index (χ2n) is 6.86. The average molecular weight is 628 g/mol. The molecular weight excluding hydrogens is 598 g/mol. The van der Waals surface area contributed by atoms with E-state index in [2.05, 4.69) is 47.9 Å². The van der Waals surface area contributed by atoms with Gasteiger partial charge in [-0.25, -0.2) is 9.98 Å². The summed E-state index contributed by atoms with van der Waals surface area (Å²) < 4.78 is 5.36. The normalized spacial score (nSPS) is 18.4. The first-order chi connectivity index (χ1) is 13.8. The minimum Gasteiger partial charge on any atom is -0.521 e. The number of hydrogen-bond acceptors (Lipinski definition) is 7. The molecule has 0 aromatic carbocycles. The number of amidine groups is 1. The summed E-state index contributed by atoms with van der Waals surface area (Å²) in [5, 5.41) is 22.4. The maximum Gasteiger partial charge on any atom is 0.176 e. The molecule has 1 aliphatic heterocycles. The van der Waals surface area contributed by atoms with Gasteiger partial charge in [-0.15, -0.1) is 0 Å². The van der Waals surface area contributed by atoms with E-state index >= 15 is 0 Å². The first-order valence-corrected chi connectivity index (χ1v) is 9.65. The van der Waals surface area contributed by atoms with Crippen LogP contribution in [0.1, 0.15) is 24.5 Å². The van der Waals surface area contributed by atoms with Gasteiger partial charge in [0.1, 0.15) is 0 Å². The van der Waals surface area contributed by atoms with Crippen LogP contribution in [0.15, 0.2) is 27.8 Å². The van der Waals surface area contributed by atoms with Gasteiger partial charge in [0.05, 0.1) is 13.2 Å². The van der Waals surface area contributed by atoms with Crippen molar-refractivity contribution in [1.82, 2.24) is 25.7 Å². The Hall–Kier alpha value is -1.06. The Labute approximate surface area is 195 Å². The van der Waals surface area contributed by atoms with Gasteiger partial charge in [-0.2, -0.15) is 5.10 Å². The molecule has 0 radical (unpaired) electrons. The molecule has 11 heteroatoms. The molecule has 0 bridgehead atoms. The molecule has 1 saturated heterocycles. The van der Waals surface area contributed by atoms with Gasteiger partial charge >= 0.3 is 0 Å². The van der Waals surface area contributed by atoms with Crippen LogP contribution in [0.4, 0.5) is 5.82 Å². The van der Waals surface area contributed by atoms with Gasteiger partial charge in [-0.3, -0.25) is 10.00 Å². The van der Waals surface area contributed by atoms with Crippen LogP contribution < -0.4 is 10.6 Å². The number of morpholine rings is 1. The first-order valence-electron chi connectivity index (χ1n) is 9.65. The van der Waals surface area contributed by atoms with Crippen molar-refractivity contribution in [3.63, 3.8) is 0 Å². The van der Waals surface area contributed by atoms with Crippen molar-refractivity contribution in [2.75, 3.05) is 52.6 Å². The minimum absolute atomic E-state index is 0. The van der Waals surface area contributed by atoms with E-state index in [-0.39, 0.29) is 37.8 Å². The Bertz CT molecular complexity index is 683. The van der Waals surface area contributed by atoms with Crippen molar-refractivity contribution < 1.29 is 41.1 Å². The van der Waals surface area contributed by atoms with Crippen molar-refractivity contribution >= 4 is 18.4 Å². The zero-order chi connectivity index (χ0) is 19.6. The van der Waals surface area contributed by atoms with Gasteiger partial charge in [-0.05, 0) is 19.6 Å². The van der Waals surface area contributed by atoms with E-state index < -0.39 is 0 Å². The molecule has 2 aliphatic rings. The van der Waals surface area contributed by atoms with Crippen molar-refractivity contribution in [3.8, 4) is 0 Å². The largest absolute Gasteiger partial charge is 0.521 e. The molecule has 0 atom stereocenters. The number of aromatic amines is 1. The molecule has 0 amide bonds. The average Bonchev–Trinajstić information content (AvgIpc) is 3.48. The fourth-order valence-electron chi connectivity index (χ4n) is 2.96. The topological polar surface area (TPSA) is 124 Å². The first kappa shape index (κ1) is 24.2. The summed E-state index contributed by atoms with van der Waals surface area (Å²) in [5.74, 6) is 1.63. The summed E-state index contributed by atoms with van der Waals surface area (Å²) >= 11 is 0. The molecule has 3 rings (SSSR count). The smallest absolute Gasteiger partial charge is 0.176 e. The maximum atomic E-state index is 8.76. The molecule has 0 spiro atoms. The number of aliphatic imine (C=N–C) groups is 2. The van der Waals surface area contributed by atoms with Crippen LogP contribution in [0.3, 0.4) is 0 Å². The van der Waals surface area contributed by atoms with E-state index in [4.69, 9.17) is 9.94 Å². The van der Waals surface area contributed by atoms with E-state index in [0.29, 0.717) is 24.1 Å². The molecule has 1 aliphatic carbocycles. The maximum absolute atomic E-state index is 8.76. The Morgan fingerprint density at radius 3 is 2.93 bits per heavy atom. The van der Waals surface area contributed by atoms with Crippen LogP contribution in [0.5, 0.6) is 0 Å². The standard InChI is InChI=1S/C18H29N8O2.U/c1-19-17(23-18-11-16(24-25-18)14-2-3-14)10-15(21-13-22-27)12-20-4-5-26-6-8-28-9-7-26;/h10-11,14,20-21,27H,1-9,12-13H2,(H,24,25);/q-1;/b15-10-,23-17?;. The number of aromatic nitrogens is 2. The Balaban J connectivity index is 0.00000300. The second-order valence-corrected chi connectivity index (χ2v) is 6.86. The molecular formula is C18H29N8O2U-. The predicted molar refractivity (Wildman–Crippen MR) is 109 cm³/mol. The third-order valence-corrected chi connectivity index (χ3v) is 4.70. The van der Waals surface area contributed by atoms with Gasteiger partial charge in [0.25, 0.3) is 0 Å². The third-order valence-electron chi connectivity index (χ3n) is 4.70. The van der Waals surface area contributed by atoms with Crippen LogP contribution in [-0.2, 0) is 4.74 Å². The summed E-state index contributed by atoms with van der Waals surface area (Å²) in [5.41, 5.74) is 5.05. The monoisotopic (exact) mass is 627 g/mol. The molecule has 2 heterocycles. The minimum atomic E-state index is 0. The summed E-state index contributed by atoms with van der Waals surface area (Å²) in [6.07, 6.45) is 4.19. The fourth-order valence-corrected chi connectivity index (χ4v) is 2.96. The molecule has 29 heavy (non-hydrogen) atoms. The van der Waals surface area contributed by atoms with Gasteiger partial charge in [0.15, 0.2) is 11.7 Å². The third kappa shape index (κ3) is 8.68. The van der Waals surface area contributed by atoms with Crippen molar-refractivity contribution in [1.29, 1.82) is 0 Å². The number of H-pyrrole nitrogens is 1. The van der Waals surface area contributed by atoms with Gasteiger partial charge < -0.3 is 26.1 Å². The Kier molecular flexibility index (Phi) is 11.1. The summed E-state index contributed by atoms with van der Waals surface area (Å²) in [4.78, 5) is 10.8.